The summed E-state index contributed by atoms with van der Waals surface area (Å²) in [7, 11) is -2.69. The Morgan fingerprint density at radius 2 is 1.85 bits per heavy atom. The van der Waals surface area contributed by atoms with Crippen LogP contribution in [0, 0.1) is 11.6 Å². The van der Waals surface area contributed by atoms with Gasteiger partial charge in [-0.25, -0.2) is 23.3 Å². The van der Waals surface area contributed by atoms with Gasteiger partial charge in [0.2, 0.25) is 5.91 Å². The first kappa shape index (κ1) is 25.5. The molecule has 0 spiro atoms. The fourth-order valence-electron chi connectivity index (χ4n) is 3.16. The van der Waals surface area contributed by atoms with Crippen molar-refractivity contribution in [3.8, 4) is 0 Å². The molecule has 13 heteroatoms. The highest BCUT2D eigenvalue weighted by atomic mass is 32.2. The number of benzene rings is 2. The number of urea groups is 1. The summed E-state index contributed by atoms with van der Waals surface area (Å²) in [4.78, 5) is 31.1. The number of nitrogens with zero attached hydrogens (tertiary/aromatic N) is 2. The number of hydrogen-bond acceptors (Lipinski definition) is 6. The van der Waals surface area contributed by atoms with Crippen molar-refractivity contribution in [1.29, 1.82) is 0 Å². The minimum Gasteiger partial charge on any atom is -0.325 e. The summed E-state index contributed by atoms with van der Waals surface area (Å²) < 4.78 is 56.2. The van der Waals surface area contributed by atoms with Crippen LogP contribution in [0.4, 0.5) is 19.3 Å². The predicted molar refractivity (Wildman–Crippen MR) is 126 cm³/mol. The Labute approximate surface area is 199 Å². The molecular weight excluding hydrogens is 488 g/mol. The van der Waals surface area contributed by atoms with Crippen LogP contribution < -0.4 is 19.7 Å². The lowest BCUT2D eigenvalue weighted by Crippen LogP contribution is -2.54. The number of amides is 3. The van der Waals surface area contributed by atoms with Gasteiger partial charge >= 0.3 is 16.2 Å². The van der Waals surface area contributed by atoms with Gasteiger partial charge in [-0.3, -0.25) is 4.79 Å². The van der Waals surface area contributed by atoms with Crippen molar-refractivity contribution in [1.82, 2.24) is 19.7 Å². The lowest BCUT2D eigenvalue weighted by Gasteiger charge is -2.25. The summed E-state index contributed by atoms with van der Waals surface area (Å²) in [6, 6.07) is 5.41. The molecule has 0 bridgehead atoms. The summed E-state index contributed by atoms with van der Waals surface area (Å²) in [5.41, 5.74) is 2.91. The molecule has 3 aromatic rings. The van der Waals surface area contributed by atoms with Crippen molar-refractivity contribution in [3.05, 3.63) is 59.1 Å². The quantitative estimate of drug-likeness (QED) is 0.408. The van der Waals surface area contributed by atoms with Crippen molar-refractivity contribution in [2.24, 2.45) is 0 Å². The number of fused-ring (bicyclic) bond motifs is 1. The van der Waals surface area contributed by atoms with E-state index in [9.17, 15) is 26.8 Å². The van der Waals surface area contributed by atoms with Crippen LogP contribution in [-0.4, -0.2) is 45.0 Å². The molecule has 1 atom stereocenters. The fourth-order valence-corrected chi connectivity index (χ4v) is 4.67. The number of nitrogens with one attached hydrogen (secondary N) is 3. The van der Waals surface area contributed by atoms with E-state index in [4.69, 9.17) is 0 Å². The summed E-state index contributed by atoms with van der Waals surface area (Å²) in [6.07, 6.45) is 0.218. The molecule has 182 valence electrons. The lowest BCUT2D eigenvalue weighted by atomic mass is 10.0. The SMILES string of the molecule is CCCNS(=O)(=O)NC(=O)N[C@@H](Cc1cc(F)cc(F)c1)C(=O)N(C)c1ccc2scnc2c1. The number of carbonyl (C=O) groups is 2. The van der Waals surface area contributed by atoms with Crippen LogP contribution in [0.2, 0.25) is 0 Å². The van der Waals surface area contributed by atoms with Crippen LogP contribution >= 0.6 is 11.3 Å². The Bertz CT molecular complexity index is 1280. The number of anilines is 1. The molecule has 0 radical (unpaired) electrons. The van der Waals surface area contributed by atoms with Gasteiger partial charge in [-0.1, -0.05) is 6.92 Å². The molecule has 1 aromatic heterocycles. The minimum absolute atomic E-state index is 0.103. The Morgan fingerprint density at radius 3 is 2.53 bits per heavy atom. The number of hydrogen-bond donors (Lipinski definition) is 3. The molecule has 0 fully saturated rings. The molecule has 0 aliphatic heterocycles. The van der Waals surface area contributed by atoms with E-state index >= 15 is 0 Å². The molecule has 34 heavy (non-hydrogen) atoms. The van der Waals surface area contributed by atoms with Crippen molar-refractivity contribution >= 4 is 49.4 Å². The van der Waals surface area contributed by atoms with Gasteiger partial charge in [-0.05, 0) is 42.3 Å². The molecule has 0 saturated heterocycles. The fraction of sp³-hybridized carbons (Fsp3) is 0.286. The van der Waals surface area contributed by atoms with Gasteiger partial charge < -0.3 is 10.2 Å². The van der Waals surface area contributed by atoms with Crippen LogP contribution in [0.15, 0.2) is 41.9 Å². The first-order valence-corrected chi connectivity index (χ1v) is 12.6. The average molecular weight is 512 g/mol. The van der Waals surface area contributed by atoms with Crippen LogP contribution in [0.1, 0.15) is 18.9 Å². The third kappa shape index (κ3) is 6.68. The zero-order valence-electron chi connectivity index (χ0n) is 18.3. The van der Waals surface area contributed by atoms with Crippen molar-refractivity contribution < 1.29 is 26.8 Å². The van der Waals surface area contributed by atoms with E-state index in [0.717, 1.165) is 16.8 Å². The van der Waals surface area contributed by atoms with Gasteiger partial charge in [0.25, 0.3) is 0 Å². The summed E-state index contributed by atoms with van der Waals surface area (Å²) in [5.74, 6) is -2.33. The Morgan fingerprint density at radius 1 is 1.15 bits per heavy atom. The van der Waals surface area contributed by atoms with Gasteiger partial charge in [0.05, 0.1) is 15.7 Å². The van der Waals surface area contributed by atoms with Crippen molar-refractivity contribution in [3.63, 3.8) is 0 Å². The maximum atomic E-state index is 13.7. The molecule has 0 aliphatic rings. The number of aromatic nitrogens is 1. The molecule has 2 aromatic carbocycles. The number of carbonyl (C=O) groups excluding carboxylic acids is 2. The molecule has 0 unspecified atom stereocenters. The molecule has 0 saturated carbocycles. The van der Waals surface area contributed by atoms with E-state index in [1.165, 1.54) is 23.3 Å². The summed E-state index contributed by atoms with van der Waals surface area (Å²) in [5, 5.41) is 2.30. The van der Waals surface area contributed by atoms with Gasteiger partial charge in [0.1, 0.15) is 17.7 Å². The lowest BCUT2D eigenvalue weighted by molar-refractivity contribution is -0.120. The Balaban J connectivity index is 1.84. The van der Waals surface area contributed by atoms with Crippen LogP contribution in [-0.2, 0) is 21.4 Å². The maximum absolute atomic E-state index is 13.7. The number of thiazole rings is 1. The first-order valence-electron chi connectivity index (χ1n) is 10.2. The van der Waals surface area contributed by atoms with Crippen molar-refractivity contribution in [2.45, 2.75) is 25.8 Å². The van der Waals surface area contributed by atoms with Crippen LogP contribution in [0.5, 0.6) is 0 Å². The van der Waals surface area contributed by atoms with Crippen LogP contribution in [0.25, 0.3) is 10.2 Å². The number of likely N-dealkylation sites (N-methyl/N-ethyl adjacent to an activating group) is 1. The van der Waals surface area contributed by atoms with Gasteiger partial charge in [0, 0.05) is 31.8 Å². The third-order valence-corrected chi connectivity index (χ3v) is 6.61. The minimum atomic E-state index is -4.15. The van der Waals surface area contributed by atoms with E-state index in [0.29, 0.717) is 23.7 Å². The summed E-state index contributed by atoms with van der Waals surface area (Å²) in [6.45, 7) is 1.85. The van der Waals surface area contributed by atoms with E-state index in [1.807, 2.05) is 0 Å². The standard InChI is InChI=1S/C21H23F2N5O4S2/c1-3-6-25-34(31,32)27-21(30)26-18(9-13-7-14(22)10-15(23)8-13)20(29)28(2)16-4-5-19-17(11-16)24-12-33-19/h4-5,7-8,10-12,18,25H,3,6,9H2,1-2H3,(H2,26,27,30)/t18-/m0/s1. The third-order valence-electron chi connectivity index (χ3n) is 4.77. The second-order valence-corrected chi connectivity index (χ2v) is 9.80. The largest absolute Gasteiger partial charge is 0.330 e. The van der Waals surface area contributed by atoms with Gasteiger partial charge in [-0.2, -0.15) is 13.1 Å². The highest BCUT2D eigenvalue weighted by Gasteiger charge is 2.27. The Hall–Kier alpha value is -3.16. The highest BCUT2D eigenvalue weighted by molar-refractivity contribution is 7.88. The molecular formula is C21H23F2N5O4S2. The zero-order chi connectivity index (χ0) is 24.9. The normalized spacial score (nSPS) is 12.4. The number of halogens is 2. The molecule has 0 aliphatic carbocycles. The van der Waals surface area contributed by atoms with E-state index < -0.39 is 39.8 Å². The molecule has 9 nitrogen and oxygen atoms in total. The van der Waals surface area contributed by atoms with Gasteiger partial charge in [-0.15, -0.1) is 11.3 Å². The Kier molecular flexibility index (Phi) is 8.12. The van der Waals surface area contributed by atoms with Crippen molar-refractivity contribution in [2.75, 3.05) is 18.5 Å². The molecule has 3 N–H and O–H groups in total. The maximum Gasteiger partial charge on any atom is 0.330 e. The zero-order valence-corrected chi connectivity index (χ0v) is 20.0. The smallest absolute Gasteiger partial charge is 0.325 e. The average Bonchev–Trinajstić information content (AvgIpc) is 3.23. The van der Waals surface area contributed by atoms with Gasteiger partial charge in [0.15, 0.2) is 0 Å². The molecule has 1 heterocycles. The van der Waals surface area contributed by atoms with Crippen LogP contribution in [0.3, 0.4) is 0 Å². The second-order valence-electron chi connectivity index (χ2n) is 7.41. The van der Waals surface area contributed by atoms with E-state index in [2.05, 4.69) is 15.0 Å². The predicted octanol–water partition coefficient (Wildman–Crippen LogP) is 2.69. The molecule has 3 rings (SSSR count). The highest BCUT2D eigenvalue weighted by Crippen LogP contribution is 2.24. The second kappa shape index (κ2) is 10.8. The first-order chi connectivity index (χ1) is 16.1. The van der Waals surface area contributed by atoms with E-state index in [-0.39, 0.29) is 18.5 Å². The topological polar surface area (TPSA) is 120 Å². The summed E-state index contributed by atoms with van der Waals surface area (Å²) >= 11 is 1.43. The van der Waals surface area contributed by atoms with E-state index in [1.54, 1.807) is 35.4 Å². The number of rotatable bonds is 9. The molecule has 3 amide bonds. The monoisotopic (exact) mass is 511 g/mol.